The van der Waals surface area contributed by atoms with Gasteiger partial charge in [-0.3, -0.25) is 9.97 Å². The van der Waals surface area contributed by atoms with E-state index in [2.05, 4.69) is 65.1 Å². The fourth-order valence-corrected chi connectivity index (χ4v) is 3.73. The Labute approximate surface area is 163 Å². The molecule has 28 heavy (non-hydrogen) atoms. The molecule has 2 aromatic carbocycles. The van der Waals surface area contributed by atoms with E-state index in [1.54, 1.807) is 6.20 Å². The summed E-state index contributed by atoms with van der Waals surface area (Å²) in [7, 11) is 2.10. The highest BCUT2D eigenvalue weighted by atomic mass is 15.1. The lowest BCUT2D eigenvalue weighted by Gasteiger charge is -2.05. The maximum absolute atomic E-state index is 4.96. The van der Waals surface area contributed by atoms with Crippen molar-refractivity contribution in [1.82, 2.24) is 19.5 Å². The van der Waals surface area contributed by atoms with Gasteiger partial charge >= 0.3 is 0 Å². The first kappa shape index (κ1) is 16.6. The van der Waals surface area contributed by atoms with Gasteiger partial charge in [-0.1, -0.05) is 36.4 Å². The van der Waals surface area contributed by atoms with E-state index in [-0.39, 0.29) is 0 Å². The highest BCUT2D eigenvalue weighted by Gasteiger charge is 2.11. The number of fused-ring (bicyclic) bond motifs is 3. The average Bonchev–Trinajstić information content (AvgIpc) is 3.09. The maximum Gasteiger partial charge on any atom is 0.110 e. The highest BCUT2D eigenvalue weighted by Crippen LogP contribution is 2.25. The van der Waals surface area contributed by atoms with Crippen LogP contribution in [0.4, 0.5) is 0 Å². The lowest BCUT2D eigenvalue weighted by atomic mass is 10.1. The predicted octanol–water partition coefficient (Wildman–Crippen LogP) is 4.97. The molecule has 0 aliphatic carbocycles. The van der Waals surface area contributed by atoms with Crippen molar-refractivity contribution in [3.63, 3.8) is 0 Å². The lowest BCUT2D eigenvalue weighted by molar-refractivity contribution is 0.776. The molecule has 3 aromatic heterocycles. The van der Waals surface area contributed by atoms with E-state index < -0.39 is 0 Å². The van der Waals surface area contributed by atoms with Gasteiger partial charge in [0, 0.05) is 42.5 Å². The molecule has 136 valence electrons. The van der Waals surface area contributed by atoms with Crippen LogP contribution in [0.15, 0.2) is 79.1 Å². The zero-order valence-corrected chi connectivity index (χ0v) is 15.7. The quantitative estimate of drug-likeness (QED) is 0.452. The van der Waals surface area contributed by atoms with Gasteiger partial charge < -0.3 is 4.57 Å². The van der Waals surface area contributed by atoms with Crippen LogP contribution in [-0.4, -0.2) is 19.5 Å². The topological polar surface area (TPSA) is 43.6 Å². The number of aryl methyl sites for hydroxylation is 3. The molecule has 0 radical (unpaired) electrons. The summed E-state index contributed by atoms with van der Waals surface area (Å²) in [6.45, 7) is 0. The number of aromatic nitrogens is 4. The number of benzene rings is 2. The summed E-state index contributed by atoms with van der Waals surface area (Å²) in [6, 6.07) is 22.9. The summed E-state index contributed by atoms with van der Waals surface area (Å²) < 4.78 is 2.20. The second-order valence-corrected chi connectivity index (χ2v) is 7.00. The predicted molar refractivity (Wildman–Crippen MR) is 113 cm³/mol. The summed E-state index contributed by atoms with van der Waals surface area (Å²) in [4.78, 5) is 14.0. The number of hydrogen-bond acceptors (Lipinski definition) is 3. The summed E-state index contributed by atoms with van der Waals surface area (Å²) in [6.07, 6.45) is 5.33. The first-order valence-electron chi connectivity index (χ1n) is 9.49. The first-order chi connectivity index (χ1) is 13.8. The third-order valence-electron chi connectivity index (χ3n) is 5.24. The number of nitrogens with zero attached hydrogens (tertiary/aromatic N) is 4. The van der Waals surface area contributed by atoms with Crippen molar-refractivity contribution in [3.8, 4) is 11.3 Å². The molecule has 0 spiro atoms. The van der Waals surface area contributed by atoms with Gasteiger partial charge in [-0.2, -0.15) is 0 Å². The van der Waals surface area contributed by atoms with Gasteiger partial charge in [0.1, 0.15) is 5.82 Å². The molecular weight excluding hydrogens is 344 g/mol. The molecular formula is C24H20N4. The molecule has 0 amide bonds. The third kappa shape index (κ3) is 2.93. The van der Waals surface area contributed by atoms with Crippen molar-refractivity contribution in [2.45, 2.75) is 12.8 Å². The van der Waals surface area contributed by atoms with Crippen molar-refractivity contribution in [2.24, 2.45) is 7.05 Å². The van der Waals surface area contributed by atoms with Gasteiger partial charge in [0.05, 0.1) is 16.7 Å². The van der Waals surface area contributed by atoms with Crippen LogP contribution in [0.25, 0.3) is 33.1 Å². The van der Waals surface area contributed by atoms with Crippen LogP contribution in [-0.2, 0) is 19.9 Å². The Kier molecular flexibility index (Phi) is 4.09. The van der Waals surface area contributed by atoms with Crippen LogP contribution in [0.1, 0.15) is 11.5 Å². The van der Waals surface area contributed by atoms with Crippen molar-refractivity contribution in [1.29, 1.82) is 0 Å². The van der Waals surface area contributed by atoms with E-state index in [0.717, 1.165) is 41.1 Å². The molecule has 5 rings (SSSR count). The molecule has 0 unspecified atom stereocenters. The summed E-state index contributed by atoms with van der Waals surface area (Å²) in [5.41, 5.74) is 5.32. The second kappa shape index (κ2) is 6.89. The van der Waals surface area contributed by atoms with Crippen LogP contribution >= 0.6 is 0 Å². The highest BCUT2D eigenvalue weighted by molar-refractivity contribution is 6.04. The molecule has 3 heterocycles. The standard InChI is InChI=1S/C24H20N4/c1-28-22-13-11-17-6-2-3-9-20(17)24(22)27-23(28)14-12-19-8-4-10-21(26-19)18-7-5-15-25-16-18/h2-11,13,15-16H,12,14H2,1H3. The Morgan fingerprint density at radius 1 is 0.821 bits per heavy atom. The third-order valence-corrected chi connectivity index (χ3v) is 5.24. The van der Waals surface area contributed by atoms with Gasteiger partial charge in [0.15, 0.2) is 0 Å². The second-order valence-electron chi connectivity index (χ2n) is 7.00. The van der Waals surface area contributed by atoms with Gasteiger partial charge in [-0.15, -0.1) is 0 Å². The number of rotatable bonds is 4. The van der Waals surface area contributed by atoms with Gasteiger partial charge in [0.25, 0.3) is 0 Å². The molecule has 0 saturated carbocycles. The SMILES string of the molecule is Cn1c(CCc2cccc(-c3cccnc3)n2)nc2c3ccccc3ccc21. The average molecular weight is 364 g/mol. The van der Waals surface area contributed by atoms with E-state index in [4.69, 9.17) is 9.97 Å². The minimum absolute atomic E-state index is 0.850. The summed E-state index contributed by atoms with van der Waals surface area (Å²) in [5.74, 6) is 1.08. The lowest BCUT2D eigenvalue weighted by Crippen LogP contribution is -2.02. The van der Waals surface area contributed by atoms with Crippen LogP contribution in [0.3, 0.4) is 0 Å². The van der Waals surface area contributed by atoms with Crippen molar-refractivity contribution < 1.29 is 0 Å². The van der Waals surface area contributed by atoms with E-state index in [9.17, 15) is 0 Å². The fraction of sp³-hybridized carbons (Fsp3) is 0.125. The van der Waals surface area contributed by atoms with Crippen molar-refractivity contribution in [2.75, 3.05) is 0 Å². The van der Waals surface area contributed by atoms with Crippen LogP contribution in [0.5, 0.6) is 0 Å². The monoisotopic (exact) mass is 364 g/mol. The Balaban J connectivity index is 1.45. The molecule has 0 fully saturated rings. The van der Waals surface area contributed by atoms with Crippen molar-refractivity contribution >= 4 is 21.8 Å². The fourth-order valence-electron chi connectivity index (χ4n) is 3.73. The zero-order chi connectivity index (χ0) is 18.9. The molecule has 0 atom stereocenters. The molecule has 4 nitrogen and oxygen atoms in total. The summed E-state index contributed by atoms with van der Waals surface area (Å²) >= 11 is 0. The number of imidazole rings is 1. The van der Waals surface area contributed by atoms with E-state index in [1.165, 1.54) is 16.3 Å². The largest absolute Gasteiger partial charge is 0.331 e. The van der Waals surface area contributed by atoms with Gasteiger partial charge in [0.2, 0.25) is 0 Å². The molecule has 0 N–H and O–H groups in total. The van der Waals surface area contributed by atoms with Crippen LogP contribution < -0.4 is 0 Å². The Hall–Kier alpha value is -3.53. The summed E-state index contributed by atoms with van der Waals surface area (Å²) in [5, 5.41) is 2.43. The minimum atomic E-state index is 0.850. The number of pyridine rings is 2. The number of hydrogen-bond donors (Lipinski definition) is 0. The maximum atomic E-state index is 4.96. The Morgan fingerprint density at radius 2 is 1.75 bits per heavy atom. The Bertz CT molecular complexity index is 1270. The van der Waals surface area contributed by atoms with E-state index >= 15 is 0 Å². The van der Waals surface area contributed by atoms with Crippen molar-refractivity contribution in [3.05, 3.63) is 90.6 Å². The van der Waals surface area contributed by atoms with Crippen LogP contribution in [0.2, 0.25) is 0 Å². The van der Waals surface area contributed by atoms with Gasteiger partial charge in [-0.25, -0.2) is 4.98 Å². The molecule has 4 heteroatoms. The van der Waals surface area contributed by atoms with E-state index in [1.807, 2.05) is 24.4 Å². The normalized spacial score (nSPS) is 11.3. The molecule has 0 aliphatic rings. The first-order valence-corrected chi connectivity index (χ1v) is 9.49. The molecule has 0 bridgehead atoms. The molecule has 0 saturated heterocycles. The minimum Gasteiger partial charge on any atom is -0.331 e. The van der Waals surface area contributed by atoms with E-state index in [0.29, 0.717) is 0 Å². The Morgan fingerprint density at radius 3 is 2.64 bits per heavy atom. The van der Waals surface area contributed by atoms with Gasteiger partial charge in [-0.05, 0) is 42.1 Å². The molecule has 5 aromatic rings. The van der Waals surface area contributed by atoms with Crippen LogP contribution in [0, 0.1) is 0 Å². The smallest absolute Gasteiger partial charge is 0.110 e. The molecule has 0 aliphatic heterocycles. The zero-order valence-electron chi connectivity index (χ0n) is 15.7.